The number of rotatable bonds is 7. The average Bonchev–Trinajstić information content (AvgIpc) is 2.62. The summed E-state index contributed by atoms with van der Waals surface area (Å²) in [6.45, 7) is 2.62. The highest BCUT2D eigenvalue weighted by Gasteiger charge is 2.19. The van der Waals surface area contributed by atoms with Crippen molar-refractivity contribution in [3.63, 3.8) is 0 Å². The summed E-state index contributed by atoms with van der Waals surface area (Å²) in [5.74, 6) is -0.828. The monoisotopic (exact) mass is 341 g/mol. The molecule has 0 heterocycles. The van der Waals surface area contributed by atoms with Crippen molar-refractivity contribution in [2.24, 2.45) is 0 Å². The number of nitrogens with one attached hydrogen (secondary N) is 2. The fraction of sp³-hybridized carbons (Fsp3) is 0.222. The van der Waals surface area contributed by atoms with Gasteiger partial charge in [0.25, 0.3) is 17.5 Å². The van der Waals surface area contributed by atoms with Gasteiger partial charge in [-0.1, -0.05) is 31.5 Å². The molecule has 25 heavy (non-hydrogen) atoms. The van der Waals surface area contributed by atoms with E-state index in [0.717, 1.165) is 12.8 Å². The third-order valence-corrected chi connectivity index (χ3v) is 3.54. The van der Waals surface area contributed by atoms with Crippen LogP contribution in [-0.4, -0.2) is 23.3 Å². The van der Waals surface area contributed by atoms with Gasteiger partial charge in [-0.2, -0.15) is 0 Å². The lowest BCUT2D eigenvalue weighted by atomic mass is 10.1. The molecule has 130 valence electrons. The predicted octanol–water partition coefficient (Wildman–Crippen LogP) is 3.38. The van der Waals surface area contributed by atoms with Crippen LogP contribution in [0.4, 0.5) is 11.4 Å². The number of hydrogen-bond acceptors (Lipinski definition) is 4. The Labute approximate surface area is 145 Å². The number of nitro benzene ring substituents is 1. The highest BCUT2D eigenvalue weighted by atomic mass is 16.6. The largest absolute Gasteiger partial charge is 0.352 e. The lowest BCUT2D eigenvalue weighted by molar-refractivity contribution is -0.385. The highest BCUT2D eigenvalue weighted by molar-refractivity contribution is 6.07. The summed E-state index contributed by atoms with van der Waals surface area (Å²) in [5.41, 5.74) is 0.501. The Balaban J connectivity index is 2.13. The fourth-order valence-corrected chi connectivity index (χ4v) is 2.24. The maximum absolute atomic E-state index is 12.3. The van der Waals surface area contributed by atoms with Crippen LogP contribution in [0.1, 0.15) is 40.5 Å². The van der Waals surface area contributed by atoms with Crippen LogP contribution in [0.3, 0.4) is 0 Å². The zero-order valence-electron chi connectivity index (χ0n) is 13.8. The lowest BCUT2D eigenvalue weighted by Gasteiger charge is -2.08. The summed E-state index contributed by atoms with van der Waals surface area (Å²) in [6, 6.07) is 12.1. The molecule has 2 aromatic rings. The standard InChI is InChI=1S/C18H19N3O4/c1-2-3-11-19-17(22)13-7-6-8-14(12-13)20-18(23)15-9-4-5-10-16(15)21(24)25/h4-10,12H,2-3,11H2,1H3,(H,19,22)(H,20,23). The second-order valence-corrected chi connectivity index (χ2v) is 5.42. The topological polar surface area (TPSA) is 101 Å². The van der Waals surface area contributed by atoms with Crippen LogP contribution in [0.15, 0.2) is 48.5 Å². The molecular formula is C18H19N3O4. The molecule has 0 radical (unpaired) electrons. The van der Waals surface area contributed by atoms with Gasteiger partial charge < -0.3 is 10.6 Å². The van der Waals surface area contributed by atoms with E-state index in [1.54, 1.807) is 24.3 Å². The maximum atomic E-state index is 12.3. The molecule has 7 nitrogen and oxygen atoms in total. The van der Waals surface area contributed by atoms with Gasteiger partial charge in [-0.3, -0.25) is 19.7 Å². The first kappa shape index (κ1) is 18.1. The first-order valence-corrected chi connectivity index (χ1v) is 7.96. The van der Waals surface area contributed by atoms with Gasteiger partial charge in [0.15, 0.2) is 0 Å². The van der Waals surface area contributed by atoms with E-state index in [0.29, 0.717) is 17.8 Å². The lowest BCUT2D eigenvalue weighted by Crippen LogP contribution is -2.24. The molecular weight excluding hydrogens is 322 g/mol. The van der Waals surface area contributed by atoms with E-state index in [1.165, 1.54) is 24.3 Å². The summed E-state index contributed by atoms with van der Waals surface area (Å²) in [4.78, 5) is 34.8. The Morgan fingerprint density at radius 3 is 2.56 bits per heavy atom. The third-order valence-electron chi connectivity index (χ3n) is 3.54. The molecule has 0 spiro atoms. The fourth-order valence-electron chi connectivity index (χ4n) is 2.24. The number of nitro groups is 1. The summed E-state index contributed by atoms with van der Waals surface area (Å²) in [6.07, 6.45) is 1.87. The van der Waals surface area contributed by atoms with E-state index < -0.39 is 10.8 Å². The van der Waals surface area contributed by atoms with Crippen molar-refractivity contribution in [2.75, 3.05) is 11.9 Å². The van der Waals surface area contributed by atoms with E-state index >= 15 is 0 Å². The summed E-state index contributed by atoms with van der Waals surface area (Å²) >= 11 is 0. The Kier molecular flexibility index (Phi) is 6.22. The molecule has 2 amide bonds. The number of para-hydroxylation sites is 1. The number of hydrogen-bond donors (Lipinski definition) is 2. The van der Waals surface area contributed by atoms with E-state index in [9.17, 15) is 19.7 Å². The first-order chi connectivity index (χ1) is 12.0. The minimum absolute atomic E-state index is 0.0368. The predicted molar refractivity (Wildman–Crippen MR) is 94.7 cm³/mol. The summed E-state index contributed by atoms with van der Waals surface area (Å²) < 4.78 is 0. The molecule has 2 rings (SSSR count). The number of amides is 2. The summed E-state index contributed by atoms with van der Waals surface area (Å²) in [7, 11) is 0. The number of anilines is 1. The maximum Gasteiger partial charge on any atom is 0.282 e. The highest BCUT2D eigenvalue weighted by Crippen LogP contribution is 2.20. The molecule has 0 aromatic heterocycles. The molecule has 0 saturated heterocycles. The minimum Gasteiger partial charge on any atom is -0.352 e. The third kappa shape index (κ3) is 4.87. The molecule has 0 unspecified atom stereocenters. The van der Waals surface area contributed by atoms with Crippen molar-refractivity contribution in [2.45, 2.75) is 19.8 Å². The average molecular weight is 341 g/mol. The Morgan fingerprint density at radius 1 is 1.08 bits per heavy atom. The molecule has 0 bridgehead atoms. The molecule has 0 aliphatic carbocycles. The van der Waals surface area contributed by atoms with E-state index in [1.807, 2.05) is 6.92 Å². The van der Waals surface area contributed by atoms with Gasteiger partial charge in [-0.15, -0.1) is 0 Å². The normalized spacial score (nSPS) is 10.1. The van der Waals surface area contributed by atoms with Gasteiger partial charge in [-0.05, 0) is 30.7 Å². The van der Waals surface area contributed by atoms with Crippen LogP contribution in [0.25, 0.3) is 0 Å². The van der Waals surface area contributed by atoms with Gasteiger partial charge in [-0.25, -0.2) is 0 Å². The zero-order chi connectivity index (χ0) is 18.2. The van der Waals surface area contributed by atoms with Crippen molar-refractivity contribution in [1.29, 1.82) is 0 Å². The van der Waals surface area contributed by atoms with Crippen LogP contribution in [-0.2, 0) is 0 Å². The van der Waals surface area contributed by atoms with E-state index in [2.05, 4.69) is 10.6 Å². The molecule has 7 heteroatoms. The summed E-state index contributed by atoms with van der Waals surface area (Å²) in [5, 5.41) is 16.4. The first-order valence-electron chi connectivity index (χ1n) is 7.96. The number of carbonyl (C=O) groups is 2. The van der Waals surface area contributed by atoms with Gasteiger partial charge >= 0.3 is 0 Å². The quantitative estimate of drug-likeness (QED) is 0.458. The molecule has 2 N–H and O–H groups in total. The van der Waals surface area contributed by atoms with Crippen molar-refractivity contribution in [3.05, 3.63) is 69.8 Å². The van der Waals surface area contributed by atoms with Crippen molar-refractivity contribution < 1.29 is 14.5 Å². The minimum atomic E-state index is -0.605. The van der Waals surface area contributed by atoms with Crippen LogP contribution < -0.4 is 10.6 Å². The number of nitrogens with zero attached hydrogens (tertiary/aromatic N) is 1. The second kappa shape index (κ2) is 8.58. The molecule has 2 aromatic carbocycles. The second-order valence-electron chi connectivity index (χ2n) is 5.42. The van der Waals surface area contributed by atoms with E-state index in [4.69, 9.17) is 0 Å². The van der Waals surface area contributed by atoms with Crippen molar-refractivity contribution in [3.8, 4) is 0 Å². The van der Waals surface area contributed by atoms with Crippen molar-refractivity contribution >= 4 is 23.2 Å². The number of carbonyl (C=O) groups excluding carboxylic acids is 2. The van der Waals surface area contributed by atoms with Gasteiger partial charge in [0, 0.05) is 23.9 Å². The Morgan fingerprint density at radius 2 is 1.84 bits per heavy atom. The number of benzene rings is 2. The molecule has 0 aliphatic heterocycles. The van der Waals surface area contributed by atoms with Gasteiger partial charge in [0.1, 0.15) is 5.56 Å². The van der Waals surface area contributed by atoms with Crippen LogP contribution in [0, 0.1) is 10.1 Å². The van der Waals surface area contributed by atoms with Crippen LogP contribution in [0.2, 0.25) is 0 Å². The Hall–Kier alpha value is -3.22. The zero-order valence-corrected chi connectivity index (χ0v) is 13.8. The molecule has 0 aliphatic rings. The van der Waals surface area contributed by atoms with Gasteiger partial charge in [0.05, 0.1) is 4.92 Å². The van der Waals surface area contributed by atoms with E-state index in [-0.39, 0.29) is 17.2 Å². The molecule has 0 fully saturated rings. The smallest absolute Gasteiger partial charge is 0.282 e. The Bertz CT molecular complexity index is 789. The van der Waals surface area contributed by atoms with Crippen molar-refractivity contribution in [1.82, 2.24) is 5.32 Å². The van der Waals surface area contributed by atoms with Gasteiger partial charge in [0.2, 0.25) is 0 Å². The van der Waals surface area contributed by atoms with Crippen LogP contribution in [0.5, 0.6) is 0 Å². The molecule has 0 atom stereocenters. The number of unbranched alkanes of at least 4 members (excludes halogenated alkanes) is 1. The molecule has 0 saturated carbocycles. The van der Waals surface area contributed by atoms with Crippen LogP contribution >= 0.6 is 0 Å². The SMILES string of the molecule is CCCCNC(=O)c1cccc(NC(=O)c2ccccc2[N+](=O)[O-])c1.